The van der Waals surface area contributed by atoms with E-state index in [4.69, 9.17) is 9.26 Å². The number of rotatable bonds is 6. The van der Waals surface area contributed by atoms with E-state index in [2.05, 4.69) is 31.0 Å². The molecule has 0 atom stereocenters. The molecule has 2 N–H and O–H groups in total. The summed E-state index contributed by atoms with van der Waals surface area (Å²) in [7, 11) is 1.65. The van der Waals surface area contributed by atoms with E-state index in [1.807, 2.05) is 31.2 Å². The molecular weight excluding hydrogens is 296 g/mol. The van der Waals surface area contributed by atoms with E-state index in [9.17, 15) is 0 Å². The molecule has 3 rings (SSSR count). The molecule has 0 aliphatic rings. The molecule has 0 radical (unpaired) electrons. The van der Waals surface area contributed by atoms with Crippen LogP contribution < -0.4 is 15.4 Å². The second-order valence-electron chi connectivity index (χ2n) is 4.78. The Morgan fingerprint density at radius 3 is 2.87 bits per heavy atom. The molecule has 1 aromatic carbocycles. The Kier molecular flexibility index (Phi) is 4.32. The van der Waals surface area contributed by atoms with Gasteiger partial charge in [-0.05, 0) is 13.0 Å². The summed E-state index contributed by atoms with van der Waals surface area (Å²) in [5.74, 6) is 2.98. The van der Waals surface area contributed by atoms with Crippen molar-refractivity contribution in [2.45, 2.75) is 13.5 Å². The zero-order valence-corrected chi connectivity index (χ0v) is 12.8. The zero-order valence-electron chi connectivity index (χ0n) is 12.8. The van der Waals surface area contributed by atoms with Crippen molar-refractivity contribution in [3.05, 3.63) is 47.9 Å². The Hall–Kier alpha value is -3.16. The van der Waals surface area contributed by atoms with Gasteiger partial charge in [0.05, 0.1) is 13.3 Å². The number of ether oxygens (including phenoxy) is 1. The van der Waals surface area contributed by atoms with Crippen molar-refractivity contribution in [3.8, 4) is 5.75 Å². The summed E-state index contributed by atoms with van der Waals surface area (Å²) in [4.78, 5) is 4.33. The predicted molar refractivity (Wildman–Crippen MR) is 84.7 cm³/mol. The molecule has 0 fully saturated rings. The average molecular weight is 312 g/mol. The number of aromatic nitrogens is 4. The smallest absolute Gasteiger partial charge is 0.250 e. The van der Waals surface area contributed by atoms with Crippen LogP contribution in [0.2, 0.25) is 0 Å². The molecule has 0 spiro atoms. The summed E-state index contributed by atoms with van der Waals surface area (Å²) in [6, 6.07) is 9.53. The highest BCUT2D eigenvalue weighted by molar-refractivity contribution is 5.49. The first-order valence-corrected chi connectivity index (χ1v) is 7.00. The Bertz CT molecular complexity index is 789. The van der Waals surface area contributed by atoms with Crippen LogP contribution in [0, 0.1) is 6.92 Å². The lowest BCUT2D eigenvalue weighted by molar-refractivity contribution is 0.400. The number of anilines is 3. The van der Waals surface area contributed by atoms with E-state index in [0.29, 0.717) is 29.9 Å². The standard InChI is InChI=1S/C15H16N6O2/c1-10-7-13(21-23-10)18-15-19-14(9-17-20-15)16-8-11-5-3-4-6-12(11)22-2/h3-7,9H,8H2,1-2H3,(H2,16,18,19,20,21). The summed E-state index contributed by atoms with van der Waals surface area (Å²) in [6.45, 7) is 2.37. The number of hydrogen-bond acceptors (Lipinski definition) is 8. The highest BCUT2D eigenvalue weighted by Crippen LogP contribution is 2.19. The van der Waals surface area contributed by atoms with Crippen LogP contribution in [-0.4, -0.2) is 27.4 Å². The molecule has 0 unspecified atom stereocenters. The van der Waals surface area contributed by atoms with Crippen LogP contribution in [0.5, 0.6) is 5.75 Å². The van der Waals surface area contributed by atoms with Gasteiger partial charge < -0.3 is 19.9 Å². The van der Waals surface area contributed by atoms with E-state index in [0.717, 1.165) is 11.3 Å². The minimum atomic E-state index is 0.336. The largest absolute Gasteiger partial charge is 0.496 e. The van der Waals surface area contributed by atoms with Crippen molar-refractivity contribution < 1.29 is 9.26 Å². The lowest BCUT2D eigenvalue weighted by Crippen LogP contribution is -2.06. The summed E-state index contributed by atoms with van der Waals surface area (Å²) in [5, 5.41) is 17.8. The van der Waals surface area contributed by atoms with Gasteiger partial charge in [-0.2, -0.15) is 10.1 Å². The first-order valence-electron chi connectivity index (χ1n) is 7.00. The normalized spacial score (nSPS) is 10.3. The fraction of sp³-hybridized carbons (Fsp3) is 0.200. The van der Waals surface area contributed by atoms with Gasteiger partial charge in [-0.3, -0.25) is 0 Å². The van der Waals surface area contributed by atoms with Gasteiger partial charge in [-0.1, -0.05) is 23.4 Å². The molecule has 2 aromatic heterocycles. The first-order chi connectivity index (χ1) is 11.2. The Morgan fingerprint density at radius 2 is 2.09 bits per heavy atom. The van der Waals surface area contributed by atoms with Gasteiger partial charge in [-0.25, -0.2) is 0 Å². The SMILES string of the molecule is COc1ccccc1CNc1cnnc(Nc2cc(C)on2)n1. The predicted octanol–water partition coefficient (Wildman–Crippen LogP) is 2.53. The van der Waals surface area contributed by atoms with Gasteiger partial charge in [0.2, 0.25) is 5.95 Å². The molecule has 0 aliphatic carbocycles. The zero-order chi connectivity index (χ0) is 16.1. The summed E-state index contributed by atoms with van der Waals surface area (Å²) >= 11 is 0. The van der Waals surface area contributed by atoms with Gasteiger partial charge >= 0.3 is 0 Å². The maximum absolute atomic E-state index is 5.32. The van der Waals surface area contributed by atoms with Gasteiger partial charge in [0, 0.05) is 18.2 Å². The number of para-hydroxylation sites is 1. The molecule has 8 heteroatoms. The molecule has 0 bridgehead atoms. The number of hydrogen-bond donors (Lipinski definition) is 2. The second kappa shape index (κ2) is 6.73. The topological polar surface area (TPSA) is 98.0 Å². The van der Waals surface area contributed by atoms with Crippen LogP contribution in [0.25, 0.3) is 0 Å². The van der Waals surface area contributed by atoms with Crippen LogP contribution in [-0.2, 0) is 6.54 Å². The monoisotopic (exact) mass is 312 g/mol. The molecular formula is C15H16N6O2. The molecule has 118 valence electrons. The summed E-state index contributed by atoms with van der Waals surface area (Å²) in [5.41, 5.74) is 1.02. The van der Waals surface area contributed by atoms with Crippen molar-refractivity contribution in [1.29, 1.82) is 0 Å². The third kappa shape index (κ3) is 3.73. The third-order valence-electron chi connectivity index (χ3n) is 3.08. The third-order valence-corrected chi connectivity index (χ3v) is 3.08. The highest BCUT2D eigenvalue weighted by atomic mass is 16.5. The lowest BCUT2D eigenvalue weighted by atomic mass is 10.2. The summed E-state index contributed by atoms with van der Waals surface area (Å²) in [6.07, 6.45) is 1.55. The first kappa shape index (κ1) is 14.8. The molecule has 3 aromatic rings. The lowest BCUT2D eigenvalue weighted by Gasteiger charge is -2.10. The Labute approximate surface area is 132 Å². The number of methoxy groups -OCH3 is 1. The van der Waals surface area contributed by atoms with E-state index in [1.165, 1.54) is 0 Å². The maximum atomic E-state index is 5.32. The van der Waals surface area contributed by atoms with Crippen LogP contribution >= 0.6 is 0 Å². The molecule has 8 nitrogen and oxygen atoms in total. The fourth-order valence-electron chi connectivity index (χ4n) is 2.02. The van der Waals surface area contributed by atoms with Crippen molar-refractivity contribution in [2.24, 2.45) is 0 Å². The molecule has 0 saturated carbocycles. The molecule has 23 heavy (non-hydrogen) atoms. The highest BCUT2D eigenvalue weighted by Gasteiger charge is 2.06. The molecule has 2 heterocycles. The quantitative estimate of drug-likeness (QED) is 0.716. The van der Waals surface area contributed by atoms with Crippen molar-refractivity contribution in [1.82, 2.24) is 20.3 Å². The average Bonchev–Trinajstić information content (AvgIpc) is 2.98. The maximum Gasteiger partial charge on any atom is 0.250 e. The van der Waals surface area contributed by atoms with Gasteiger partial charge in [-0.15, -0.1) is 5.10 Å². The van der Waals surface area contributed by atoms with Crippen LogP contribution in [0.1, 0.15) is 11.3 Å². The van der Waals surface area contributed by atoms with Crippen molar-refractivity contribution >= 4 is 17.6 Å². The van der Waals surface area contributed by atoms with E-state index in [-0.39, 0.29) is 0 Å². The van der Waals surface area contributed by atoms with Gasteiger partial charge in [0.1, 0.15) is 11.5 Å². The molecule has 0 amide bonds. The Morgan fingerprint density at radius 1 is 1.22 bits per heavy atom. The van der Waals surface area contributed by atoms with E-state index < -0.39 is 0 Å². The minimum absolute atomic E-state index is 0.336. The van der Waals surface area contributed by atoms with E-state index in [1.54, 1.807) is 19.4 Å². The fourth-order valence-corrected chi connectivity index (χ4v) is 2.02. The number of aryl methyl sites for hydroxylation is 1. The molecule has 0 aliphatic heterocycles. The second-order valence-corrected chi connectivity index (χ2v) is 4.78. The van der Waals surface area contributed by atoms with Crippen molar-refractivity contribution in [3.63, 3.8) is 0 Å². The van der Waals surface area contributed by atoms with Crippen LogP contribution in [0.15, 0.2) is 41.1 Å². The number of nitrogens with one attached hydrogen (secondary N) is 2. The molecule has 0 saturated heterocycles. The number of nitrogens with zero attached hydrogens (tertiary/aromatic N) is 4. The van der Waals surface area contributed by atoms with Gasteiger partial charge in [0.25, 0.3) is 0 Å². The minimum Gasteiger partial charge on any atom is -0.496 e. The van der Waals surface area contributed by atoms with E-state index >= 15 is 0 Å². The summed E-state index contributed by atoms with van der Waals surface area (Å²) < 4.78 is 10.3. The van der Waals surface area contributed by atoms with Crippen LogP contribution in [0.3, 0.4) is 0 Å². The van der Waals surface area contributed by atoms with Crippen molar-refractivity contribution in [2.75, 3.05) is 17.7 Å². The van der Waals surface area contributed by atoms with Crippen LogP contribution in [0.4, 0.5) is 17.6 Å². The number of benzene rings is 1. The Balaban J connectivity index is 1.68. The van der Waals surface area contributed by atoms with Gasteiger partial charge in [0.15, 0.2) is 11.6 Å².